The molecule has 0 aromatic carbocycles. The van der Waals surface area contributed by atoms with Gasteiger partial charge < -0.3 is 15.5 Å². The second-order valence-corrected chi connectivity index (χ2v) is 5.40. The summed E-state index contributed by atoms with van der Waals surface area (Å²) < 4.78 is 0. The highest BCUT2D eigenvalue weighted by Crippen LogP contribution is 2.29. The molecule has 2 aliphatic heterocycles. The lowest BCUT2D eigenvalue weighted by Gasteiger charge is -2.43. The fourth-order valence-corrected chi connectivity index (χ4v) is 3.41. The Morgan fingerprint density at radius 1 is 1.19 bits per heavy atom. The van der Waals surface area contributed by atoms with Crippen LogP contribution in [0.1, 0.15) is 32.1 Å². The zero-order chi connectivity index (χ0) is 11.0. The van der Waals surface area contributed by atoms with Crippen LogP contribution in [0.25, 0.3) is 0 Å². The molecular formula is C12H21N3O. The molecule has 0 bridgehead atoms. The Labute approximate surface area is 96.8 Å². The van der Waals surface area contributed by atoms with Gasteiger partial charge in [-0.05, 0) is 31.7 Å². The van der Waals surface area contributed by atoms with Crippen LogP contribution >= 0.6 is 0 Å². The Morgan fingerprint density at radius 2 is 2.06 bits per heavy atom. The van der Waals surface area contributed by atoms with Gasteiger partial charge in [0.15, 0.2) is 0 Å². The minimum absolute atomic E-state index is 0.178. The maximum atomic E-state index is 12.0. The van der Waals surface area contributed by atoms with E-state index in [0.717, 1.165) is 26.1 Å². The number of rotatable bonds is 1. The van der Waals surface area contributed by atoms with E-state index in [1.165, 1.54) is 25.7 Å². The average Bonchev–Trinajstić information content (AvgIpc) is 2.81. The summed E-state index contributed by atoms with van der Waals surface area (Å²) in [5.74, 6) is 0.701. The maximum absolute atomic E-state index is 12.0. The quantitative estimate of drug-likeness (QED) is 0.694. The van der Waals surface area contributed by atoms with Gasteiger partial charge >= 0.3 is 6.03 Å². The van der Waals surface area contributed by atoms with Gasteiger partial charge in [-0.3, -0.25) is 0 Å². The molecular weight excluding hydrogens is 202 g/mol. The Kier molecular flexibility index (Phi) is 2.75. The van der Waals surface area contributed by atoms with Crippen molar-refractivity contribution in [2.45, 2.75) is 44.2 Å². The molecule has 90 valence electrons. The van der Waals surface area contributed by atoms with Crippen LogP contribution in [-0.2, 0) is 0 Å². The van der Waals surface area contributed by atoms with Crippen LogP contribution in [0, 0.1) is 5.92 Å². The monoisotopic (exact) mass is 223 g/mol. The van der Waals surface area contributed by atoms with Crippen LogP contribution in [0.3, 0.4) is 0 Å². The highest BCUT2D eigenvalue weighted by Gasteiger charge is 2.38. The topological polar surface area (TPSA) is 44.4 Å². The Bertz CT molecular complexity index is 275. The normalized spacial score (nSPS) is 39.4. The van der Waals surface area contributed by atoms with E-state index in [0.29, 0.717) is 18.0 Å². The fourth-order valence-electron chi connectivity index (χ4n) is 3.41. The highest BCUT2D eigenvalue weighted by molar-refractivity contribution is 5.76. The third-order valence-corrected chi connectivity index (χ3v) is 4.39. The molecule has 0 aromatic rings. The number of nitrogens with zero attached hydrogens (tertiary/aromatic N) is 1. The van der Waals surface area contributed by atoms with E-state index >= 15 is 0 Å². The fraction of sp³-hybridized carbons (Fsp3) is 0.917. The van der Waals surface area contributed by atoms with Crippen molar-refractivity contribution in [3.63, 3.8) is 0 Å². The molecule has 2 N–H and O–H groups in total. The molecule has 1 saturated carbocycles. The van der Waals surface area contributed by atoms with Gasteiger partial charge in [0.1, 0.15) is 0 Å². The van der Waals surface area contributed by atoms with Crippen molar-refractivity contribution in [1.29, 1.82) is 0 Å². The molecule has 3 aliphatic rings. The number of hydrogen-bond acceptors (Lipinski definition) is 2. The lowest BCUT2D eigenvalue weighted by molar-refractivity contribution is 0.107. The van der Waals surface area contributed by atoms with Crippen LogP contribution in [0.5, 0.6) is 0 Å². The van der Waals surface area contributed by atoms with Gasteiger partial charge in [-0.25, -0.2) is 4.79 Å². The third kappa shape index (κ3) is 1.79. The number of carbonyl (C=O) groups is 1. The summed E-state index contributed by atoms with van der Waals surface area (Å²) in [7, 11) is 0. The first-order valence-electron chi connectivity index (χ1n) is 6.62. The lowest BCUT2D eigenvalue weighted by Crippen LogP contribution is -2.60. The van der Waals surface area contributed by atoms with E-state index in [1.54, 1.807) is 0 Å². The number of amides is 2. The molecule has 0 spiro atoms. The van der Waals surface area contributed by atoms with Gasteiger partial charge in [0.05, 0.1) is 0 Å². The molecule has 1 aliphatic carbocycles. The maximum Gasteiger partial charge on any atom is 0.317 e. The van der Waals surface area contributed by atoms with Crippen LogP contribution in [0.2, 0.25) is 0 Å². The van der Waals surface area contributed by atoms with Gasteiger partial charge in [-0.15, -0.1) is 0 Å². The van der Waals surface area contributed by atoms with Crippen LogP contribution in [0.4, 0.5) is 4.79 Å². The third-order valence-electron chi connectivity index (χ3n) is 4.39. The number of nitrogens with one attached hydrogen (secondary N) is 2. The van der Waals surface area contributed by atoms with E-state index < -0.39 is 0 Å². The first-order valence-corrected chi connectivity index (χ1v) is 6.62. The number of hydrogen-bond donors (Lipinski definition) is 2. The van der Waals surface area contributed by atoms with Crippen LogP contribution < -0.4 is 10.6 Å². The van der Waals surface area contributed by atoms with Crippen molar-refractivity contribution >= 4 is 6.03 Å². The molecule has 3 rings (SSSR count). The Morgan fingerprint density at radius 3 is 2.88 bits per heavy atom. The van der Waals surface area contributed by atoms with E-state index in [4.69, 9.17) is 0 Å². The van der Waals surface area contributed by atoms with Crippen LogP contribution in [0.15, 0.2) is 0 Å². The summed E-state index contributed by atoms with van der Waals surface area (Å²) in [6, 6.07) is 1.08. The second-order valence-electron chi connectivity index (χ2n) is 5.40. The minimum Gasteiger partial charge on any atom is -0.335 e. The number of fused-ring (bicyclic) bond motifs is 1. The van der Waals surface area contributed by atoms with Gasteiger partial charge in [0, 0.05) is 25.2 Å². The Balaban J connectivity index is 1.68. The number of urea groups is 1. The SMILES string of the molecule is O=C1NC2CCCCC2CN1C1CCNC1. The highest BCUT2D eigenvalue weighted by atomic mass is 16.2. The molecule has 4 heteroatoms. The summed E-state index contributed by atoms with van der Waals surface area (Å²) in [6.45, 7) is 3.02. The van der Waals surface area contributed by atoms with Gasteiger partial charge in [0.2, 0.25) is 0 Å². The first-order chi connectivity index (χ1) is 7.84. The minimum atomic E-state index is 0.178. The van der Waals surface area contributed by atoms with Gasteiger partial charge in [-0.1, -0.05) is 12.8 Å². The zero-order valence-corrected chi connectivity index (χ0v) is 9.74. The van der Waals surface area contributed by atoms with E-state index in [9.17, 15) is 4.79 Å². The molecule has 2 amide bonds. The van der Waals surface area contributed by atoms with Crippen molar-refractivity contribution < 1.29 is 4.79 Å². The first kappa shape index (κ1) is 10.4. The van der Waals surface area contributed by atoms with Crippen molar-refractivity contribution in [2.75, 3.05) is 19.6 Å². The molecule has 2 saturated heterocycles. The van der Waals surface area contributed by atoms with Gasteiger partial charge in [-0.2, -0.15) is 0 Å². The molecule has 3 unspecified atom stereocenters. The molecule has 3 fully saturated rings. The summed E-state index contributed by atoms with van der Waals surface area (Å²) in [6.07, 6.45) is 6.22. The molecule has 0 radical (unpaired) electrons. The van der Waals surface area contributed by atoms with Crippen molar-refractivity contribution in [3.05, 3.63) is 0 Å². The average molecular weight is 223 g/mol. The number of carbonyl (C=O) groups excluding carboxylic acids is 1. The van der Waals surface area contributed by atoms with Crippen molar-refractivity contribution in [3.8, 4) is 0 Å². The summed E-state index contributed by atoms with van der Waals surface area (Å²) in [5, 5.41) is 6.55. The van der Waals surface area contributed by atoms with E-state index in [2.05, 4.69) is 15.5 Å². The molecule has 16 heavy (non-hydrogen) atoms. The predicted octanol–water partition coefficient (Wildman–Crippen LogP) is 0.932. The lowest BCUT2D eigenvalue weighted by atomic mass is 9.82. The molecule has 0 aromatic heterocycles. The van der Waals surface area contributed by atoms with Gasteiger partial charge in [0.25, 0.3) is 0 Å². The largest absolute Gasteiger partial charge is 0.335 e. The smallest absolute Gasteiger partial charge is 0.317 e. The standard InChI is InChI=1S/C12H21N3O/c16-12-14-11-4-2-1-3-9(11)8-15(12)10-5-6-13-7-10/h9-11,13H,1-8H2,(H,14,16). The van der Waals surface area contributed by atoms with Crippen molar-refractivity contribution in [1.82, 2.24) is 15.5 Å². The summed E-state index contributed by atoms with van der Waals surface area (Å²) in [5.41, 5.74) is 0. The van der Waals surface area contributed by atoms with Crippen LogP contribution in [-0.4, -0.2) is 42.6 Å². The summed E-state index contributed by atoms with van der Waals surface area (Å²) in [4.78, 5) is 14.1. The zero-order valence-electron chi connectivity index (χ0n) is 9.74. The molecule has 2 heterocycles. The predicted molar refractivity (Wildman–Crippen MR) is 62.3 cm³/mol. The van der Waals surface area contributed by atoms with E-state index in [-0.39, 0.29) is 6.03 Å². The van der Waals surface area contributed by atoms with E-state index in [1.807, 2.05) is 0 Å². The molecule has 3 atom stereocenters. The summed E-state index contributed by atoms with van der Waals surface area (Å²) >= 11 is 0. The second kappa shape index (κ2) is 4.24. The Hall–Kier alpha value is -0.770. The van der Waals surface area contributed by atoms with Crippen molar-refractivity contribution in [2.24, 2.45) is 5.92 Å². The molecule has 4 nitrogen and oxygen atoms in total.